The van der Waals surface area contributed by atoms with Crippen LogP contribution in [0.15, 0.2) is 48.5 Å². The molecule has 2 aromatic carbocycles. The van der Waals surface area contributed by atoms with E-state index in [1.165, 1.54) is 12.1 Å². The molecule has 0 spiro atoms. The first-order chi connectivity index (χ1) is 14.2. The van der Waals surface area contributed by atoms with Crippen molar-refractivity contribution >= 4 is 17.5 Å². The number of carbonyl (C=O) groups is 2. The van der Waals surface area contributed by atoms with Gasteiger partial charge in [-0.05, 0) is 62.6 Å². The summed E-state index contributed by atoms with van der Waals surface area (Å²) in [6.07, 6.45) is -3.36. The number of anilines is 1. The number of benzene rings is 2. The molecule has 3 rings (SSSR count). The second kappa shape index (κ2) is 8.90. The Labute approximate surface area is 174 Å². The monoisotopic (exact) mass is 418 g/mol. The summed E-state index contributed by atoms with van der Waals surface area (Å²) in [5, 5.41) is 0. The van der Waals surface area contributed by atoms with Crippen molar-refractivity contribution in [2.75, 3.05) is 24.5 Å². The van der Waals surface area contributed by atoms with Crippen LogP contribution in [0.5, 0.6) is 0 Å². The fraction of sp³-hybridized carbons (Fsp3) is 0.391. The van der Waals surface area contributed by atoms with Gasteiger partial charge in [0, 0.05) is 36.8 Å². The molecule has 0 aliphatic carbocycles. The number of rotatable bonds is 4. The first kappa shape index (κ1) is 21.9. The highest BCUT2D eigenvalue weighted by Crippen LogP contribution is 2.30. The predicted octanol–water partition coefficient (Wildman–Crippen LogP) is 4.92. The number of halogens is 3. The maximum absolute atomic E-state index is 13.1. The van der Waals surface area contributed by atoms with E-state index in [2.05, 4.69) is 0 Å². The largest absolute Gasteiger partial charge is 0.416 e. The molecule has 0 saturated carbocycles. The zero-order valence-electron chi connectivity index (χ0n) is 17.1. The van der Waals surface area contributed by atoms with Crippen molar-refractivity contribution in [1.82, 2.24) is 4.90 Å². The highest BCUT2D eigenvalue weighted by molar-refractivity contribution is 5.97. The number of likely N-dealkylation sites (tertiary alicyclic amines) is 1. The van der Waals surface area contributed by atoms with Crippen molar-refractivity contribution in [3.05, 3.63) is 65.2 Å². The summed E-state index contributed by atoms with van der Waals surface area (Å²) >= 11 is 0. The third-order valence-corrected chi connectivity index (χ3v) is 5.58. The SMILES string of the molecule is CCN(C(=O)C1CCN(C(=O)c2ccc(C(F)(F)F)cc2)CC1)c1ccccc1C. The van der Waals surface area contributed by atoms with Crippen molar-refractivity contribution in [3.63, 3.8) is 0 Å². The van der Waals surface area contributed by atoms with Crippen LogP contribution in [0, 0.1) is 12.8 Å². The fourth-order valence-electron chi connectivity index (χ4n) is 3.85. The van der Waals surface area contributed by atoms with Gasteiger partial charge in [-0.3, -0.25) is 9.59 Å². The van der Waals surface area contributed by atoms with E-state index in [-0.39, 0.29) is 23.3 Å². The average Bonchev–Trinajstić information content (AvgIpc) is 2.74. The van der Waals surface area contributed by atoms with Crippen molar-refractivity contribution in [2.45, 2.75) is 32.9 Å². The van der Waals surface area contributed by atoms with Crippen molar-refractivity contribution in [2.24, 2.45) is 5.92 Å². The minimum atomic E-state index is -4.43. The molecule has 0 radical (unpaired) electrons. The Morgan fingerprint density at radius 3 is 2.17 bits per heavy atom. The Bertz CT molecular complexity index is 901. The Morgan fingerprint density at radius 1 is 1.03 bits per heavy atom. The maximum atomic E-state index is 13.1. The van der Waals surface area contributed by atoms with Gasteiger partial charge in [-0.15, -0.1) is 0 Å². The van der Waals surface area contributed by atoms with Crippen LogP contribution in [0.4, 0.5) is 18.9 Å². The number of hydrogen-bond acceptors (Lipinski definition) is 2. The van der Waals surface area contributed by atoms with Crippen LogP contribution in [0.2, 0.25) is 0 Å². The van der Waals surface area contributed by atoms with Gasteiger partial charge in [0.1, 0.15) is 0 Å². The molecule has 160 valence electrons. The van der Waals surface area contributed by atoms with Gasteiger partial charge >= 0.3 is 6.18 Å². The summed E-state index contributed by atoms with van der Waals surface area (Å²) in [6, 6.07) is 12.0. The van der Waals surface area contributed by atoms with Crippen molar-refractivity contribution in [1.29, 1.82) is 0 Å². The van der Waals surface area contributed by atoms with Crippen molar-refractivity contribution in [3.8, 4) is 0 Å². The van der Waals surface area contributed by atoms with E-state index in [4.69, 9.17) is 0 Å². The van der Waals surface area contributed by atoms with E-state index in [0.717, 1.165) is 23.4 Å². The van der Waals surface area contributed by atoms with Crippen LogP contribution < -0.4 is 4.90 Å². The highest BCUT2D eigenvalue weighted by Gasteiger charge is 2.32. The summed E-state index contributed by atoms with van der Waals surface area (Å²) in [6.45, 7) is 5.28. The van der Waals surface area contributed by atoms with Crippen molar-refractivity contribution < 1.29 is 22.8 Å². The lowest BCUT2D eigenvalue weighted by Gasteiger charge is -2.34. The van der Waals surface area contributed by atoms with E-state index in [1.54, 1.807) is 9.80 Å². The number of amides is 2. The van der Waals surface area contributed by atoms with E-state index in [1.807, 2.05) is 38.1 Å². The summed E-state index contributed by atoms with van der Waals surface area (Å²) in [7, 11) is 0. The minimum Gasteiger partial charge on any atom is -0.339 e. The Kier molecular flexibility index (Phi) is 6.48. The van der Waals surface area contributed by atoms with Gasteiger partial charge in [0.25, 0.3) is 5.91 Å². The number of piperidine rings is 1. The predicted molar refractivity (Wildman–Crippen MR) is 109 cm³/mol. The van der Waals surface area contributed by atoms with Crippen LogP contribution in [0.25, 0.3) is 0 Å². The fourth-order valence-corrected chi connectivity index (χ4v) is 3.85. The van der Waals surface area contributed by atoms with E-state index < -0.39 is 11.7 Å². The quantitative estimate of drug-likeness (QED) is 0.707. The lowest BCUT2D eigenvalue weighted by molar-refractivity contribution is -0.137. The Morgan fingerprint density at radius 2 is 1.63 bits per heavy atom. The summed E-state index contributed by atoms with van der Waals surface area (Å²) < 4.78 is 38.1. The molecule has 1 aliphatic rings. The third-order valence-electron chi connectivity index (χ3n) is 5.58. The molecule has 0 aromatic heterocycles. The number of alkyl halides is 3. The first-order valence-electron chi connectivity index (χ1n) is 10.1. The molecule has 0 unspecified atom stereocenters. The topological polar surface area (TPSA) is 40.6 Å². The molecule has 0 N–H and O–H groups in total. The molecule has 1 fully saturated rings. The molecule has 4 nitrogen and oxygen atoms in total. The normalized spacial score (nSPS) is 15.2. The van der Waals surface area contributed by atoms with Gasteiger partial charge in [0.15, 0.2) is 0 Å². The summed E-state index contributed by atoms with van der Waals surface area (Å²) in [5.74, 6) is -0.435. The molecule has 0 bridgehead atoms. The zero-order chi connectivity index (χ0) is 21.9. The van der Waals surface area contributed by atoms with Gasteiger partial charge in [0.2, 0.25) is 5.91 Å². The molecule has 2 amide bonds. The standard InChI is InChI=1S/C23H25F3N2O2/c1-3-28(20-7-5-4-6-16(20)2)22(30)18-12-14-27(15-13-18)21(29)17-8-10-19(11-9-17)23(24,25)26/h4-11,18H,3,12-15H2,1-2H3. The number of nitrogens with zero attached hydrogens (tertiary/aromatic N) is 2. The molecule has 0 atom stereocenters. The van der Waals surface area contributed by atoms with Crippen LogP contribution in [-0.4, -0.2) is 36.3 Å². The van der Waals surface area contributed by atoms with E-state index in [0.29, 0.717) is 32.5 Å². The van der Waals surface area contributed by atoms with Gasteiger partial charge in [-0.25, -0.2) is 0 Å². The minimum absolute atomic E-state index is 0.0495. The highest BCUT2D eigenvalue weighted by atomic mass is 19.4. The molecular weight excluding hydrogens is 393 g/mol. The molecule has 7 heteroatoms. The lowest BCUT2D eigenvalue weighted by atomic mass is 9.94. The Balaban J connectivity index is 1.63. The number of carbonyl (C=O) groups excluding carboxylic acids is 2. The molecule has 1 heterocycles. The molecule has 1 saturated heterocycles. The zero-order valence-corrected chi connectivity index (χ0v) is 17.1. The molecular formula is C23H25F3N2O2. The number of aryl methyl sites for hydroxylation is 1. The Hall–Kier alpha value is -2.83. The van der Waals surface area contributed by atoms with Gasteiger partial charge in [0.05, 0.1) is 5.56 Å². The molecule has 1 aliphatic heterocycles. The molecule has 2 aromatic rings. The van der Waals surface area contributed by atoms with E-state index in [9.17, 15) is 22.8 Å². The van der Waals surface area contributed by atoms with Gasteiger partial charge < -0.3 is 9.80 Å². The first-order valence-corrected chi connectivity index (χ1v) is 10.1. The van der Waals surface area contributed by atoms with Gasteiger partial charge in [-0.1, -0.05) is 18.2 Å². The lowest BCUT2D eigenvalue weighted by Crippen LogP contribution is -2.44. The van der Waals surface area contributed by atoms with Crippen LogP contribution in [-0.2, 0) is 11.0 Å². The third kappa shape index (κ3) is 4.66. The van der Waals surface area contributed by atoms with Gasteiger partial charge in [-0.2, -0.15) is 13.2 Å². The van der Waals surface area contributed by atoms with Crippen LogP contribution in [0.1, 0.15) is 41.3 Å². The van der Waals surface area contributed by atoms with Crippen LogP contribution in [0.3, 0.4) is 0 Å². The summed E-state index contributed by atoms with van der Waals surface area (Å²) in [5.41, 5.74) is 1.37. The maximum Gasteiger partial charge on any atom is 0.416 e. The summed E-state index contributed by atoms with van der Waals surface area (Å²) in [4.78, 5) is 29.1. The van der Waals surface area contributed by atoms with Crippen LogP contribution >= 0.6 is 0 Å². The molecule has 30 heavy (non-hydrogen) atoms. The number of para-hydroxylation sites is 1. The number of hydrogen-bond donors (Lipinski definition) is 0. The average molecular weight is 418 g/mol. The van der Waals surface area contributed by atoms with E-state index >= 15 is 0 Å². The second-order valence-electron chi connectivity index (χ2n) is 7.51. The smallest absolute Gasteiger partial charge is 0.339 e. The second-order valence-corrected chi connectivity index (χ2v) is 7.51.